The largest absolute Gasteiger partial charge is 0.313 e. The number of nitrogens with zero attached hydrogens (tertiary/aromatic N) is 3. The first-order valence-corrected chi connectivity index (χ1v) is 28.0. The van der Waals surface area contributed by atoms with Crippen LogP contribution in [-0.2, 0) is 10.8 Å². The van der Waals surface area contributed by atoms with Crippen molar-refractivity contribution in [1.29, 1.82) is 0 Å². The summed E-state index contributed by atoms with van der Waals surface area (Å²) < 4.78 is 2.54. The quantitative estimate of drug-likeness (QED) is 0.143. The second-order valence-corrected chi connectivity index (χ2v) is 22.8. The van der Waals surface area contributed by atoms with Gasteiger partial charge in [0, 0.05) is 61.4 Å². The van der Waals surface area contributed by atoms with Crippen LogP contribution >= 0.6 is 0 Å². The van der Waals surface area contributed by atoms with Crippen LogP contribution in [0.2, 0.25) is 0 Å². The Balaban J connectivity index is 1.03. The van der Waals surface area contributed by atoms with Crippen LogP contribution < -0.4 is 9.80 Å². The molecule has 0 amide bonds. The Kier molecular flexibility index (Phi) is 10.7. The van der Waals surface area contributed by atoms with Gasteiger partial charge >= 0.3 is 0 Å². The van der Waals surface area contributed by atoms with Gasteiger partial charge in [-0.05, 0) is 175 Å². The predicted molar refractivity (Wildman–Crippen MR) is 335 cm³/mol. The molecule has 0 radical (unpaired) electrons. The van der Waals surface area contributed by atoms with Gasteiger partial charge < -0.3 is 14.4 Å². The third kappa shape index (κ3) is 7.40. The number of benzene rings is 11. The molecule has 15 rings (SSSR count). The SMILES string of the molecule is CC1(C)c2ccccc2-c2ccc(N(c3cc(-c4cc5c(c6ccccc46)c4ccccc4n5C4=CC=CCC4)cc(N(c4ccccc4)c4ccc(-c5ccccc5)cc4)c3)c3ccc4c(c3)C(C)(C)c3ccccc3-4)cc21. The van der Waals surface area contributed by atoms with Crippen molar-refractivity contribution in [2.75, 3.05) is 9.80 Å². The molecule has 11 aromatic carbocycles. The second-order valence-electron chi connectivity index (χ2n) is 22.8. The van der Waals surface area contributed by atoms with Crippen LogP contribution in [0.3, 0.4) is 0 Å². The van der Waals surface area contributed by atoms with Crippen molar-refractivity contribution in [3.8, 4) is 44.5 Å². The maximum Gasteiger partial charge on any atom is 0.0550 e. The van der Waals surface area contributed by atoms with Crippen molar-refractivity contribution < 1.29 is 0 Å². The molecule has 0 saturated heterocycles. The van der Waals surface area contributed by atoms with E-state index in [0.29, 0.717) is 0 Å². The minimum Gasteiger partial charge on any atom is -0.313 e. The third-order valence-corrected chi connectivity index (χ3v) is 17.6. The van der Waals surface area contributed by atoms with Crippen molar-refractivity contribution >= 4 is 72.4 Å². The summed E-state index contributed by atoms with van der Waals surface area (Å²) in [6, 6.07) is 91.0. The summed E-state index contributed by atoms with van der Waals surface area (Å²) in [5, 5.41) is 5.03. The molecule has 0 N–H and O–H groups in total. The normalized spacial score (nSPS) is 14.5. The fraction of sp³-hybridized carbons (Fsp3) is 0.105. The molecule has 0 atom stereocenters. The Labute approximate surface area is 463 Å². The molecule has 378 valence electrons. The van der Waals surface area contributed by atoms with E-state index in [9.17, 15) is 0 Å². The molecule has 3 heteroatoms. The maximum absolute atomic E-state index is 2.55. The van der Waals surface area contributed by atoms with Crippen molar-refractivity contribution in [1.82, 2.24) is 4.57 Å². The van der Waals surface area contributed by atoms with Gasteiger partial charge in [-0.3, -0.25) is 0 Å². The van der Waals surface area contributed by atoms with Crippen LogP contribution in [0.1, 0.15) is 62.8 Å². The molecule has 0 aliphatic heterocycles. The molecule has 79 heavy (non-hydrogen) atoms. The molecule has 3 nitrogen and oxygen atoms in total. The Morgan fingerprint density at radius 3 is 1.46 bits per heavy atom. The smallest absolute Gasteiger partial charge is 0.0550 e. The Hall–Kier alpha value is -9.44. The molecule has 1 heterocycles. The van der Waals surface area contributed by atoms with Gasteiger partial charge in [0.2, 0.25) is 0 Å². The number of rotatable bonds is 9. The Bertz CT molecular complexity index is 4370. The van der Waals surface area contributed by atoms with E-state index in [1.165, 1.54) is 99.5 Å². The zero-order valence-electron chi connectivity index (χ0n) is 45.1. The standard InChI is InChI=1S/C76H59N3/c1-75(2)68-33-19-16-29-61(68)63-42-40-56(47-70(63)75)78(57-41-43-64-62-30-17-20-34-69(62)76(3,4)71(64)48-57)59-45-52(44-58(46-59)77(53-24-10-6-11-25-53)55-38-36-51(37-39-55)50-22-8-5-9-23-50)67-49-73-74(65-31-15-14-28-60(65)67)66-32-18-21-35-72(66)79(73)54-26-12-7-13-27-54/h5-12,14-26,28-49H,13,27H2,1-4H3. The van der Waals surface area contributed by atoms with Crippen LogP contribution in [-0.4, -0.2) is 4.57 Å². The van der Waals surface area contributed by atoms with Gasteiger partial charge in [-0.15, -0.1) is 0 Å². The summed E-state index contributed by atoms with van der Waals surface area (Å²) in [4.78, 5) is 4.99. The number of para-hydroxylation sites is 2. The summed E-state index contributed by atoms with van der Waals surface area (Å²) in [6.45, 7) is 9.56. The molecule has 12 aromatic rings. The fourth-order valence-corrected chi connectivity index (χ4v) is 13.7. The number of hydrogen-bond acceptors (Lipinski definition) is 2. The molecule has 0 fully saturated rings. The topological polar surface area (TPSA) is 11.4 Å². The van der Waals surface area contributed by atoms with E-state index in [1.807, 2.05) is 0 Å². The van der Waals surface area contributed by atoms with Crippen molar-refractivity contribution in [3.63, 3.8) is 0 Å². The zero-order valence-corrected chi connectivity index (χ0v) is 45.1. The molecular weight excluding hydrogens is 955 g/mol. The van der Waals surface area contributed by atoms with Crippen LogP contribution in [0.4, 0.5) is 34.1 Å². The van der Waals surface area contributed by atoms with Gasteiger partial charge in [-0.2, -0.15) is 0 Å². The number of anilines is 6. The molecule has 3 aliphatic rings. The van der Waals surface area contributed by atoms with Gasteiger partial charge in [-0.25, -0.2) is 0 Å². The van der Waals surface area contributed by atoms with E-state index >= 15 is 0 Å². The van der Waals surface area contributed by atoms with Gasteiger partial charge in [0.25, 0.3) is 0 Å². The molecule has 0 unspecified atom stereocenters. The third-order valence-electron chi connectivity index (χ3n) is 17.6. The number of allylic oxidation sites excluding steroid dienone is 4. The summed E-state index contributed by atoms with van der Waals surface area (Å²) in [6.07, 6.45) is 8.82. The highest BCUT2D eigenvalue weighted by Gasteiger charge is 2.38. The van der Waals surface area contributed by atoms with E-state index in [2.05, 4.69) is 303 Å². The molecule has 0 spiro atoms. The molecule has 0 bridgehead atoms. The minimum atomic E-state index is -0.200. The minimum absolute atomic E-state index is 0.200. The van der Waals surface area contributed by atoms with Gasteiger partial charge in [0.1, 0.15) is 0 Å². The lowest BCUT2D eigenvalue weighted by Gasteiger charge is -2.32. The predicted octanol–water partition coefficient (Wildman–Crippen LogP) is 21.0. The summed E-state index contributed by atoms with van der Waals surface area (Å²) >= 11 is 0. The van der Waals surface area contributed by atoms with E-state index in [0.717, 1.165) is 52.5 Å². The number of aromatic nitrogens is 1. The summed E-state index contributed by atoms with van der Waals surface area (Å²) in [5.41, 5.74) is 25.2. The Morgan fingerprint density at radius 1 is 0.342 bits per heavy atom. The maximum atomic E-state index is 2.55. The monoisotopic (exact) mass is 1010 g/mol. The molecule has 3 aliphatic carbocycles. The van der Waals surface area contributed by atoms with Gasteiger partial charge in [-0.1, -0.05) is 204 Å². The first-order chi connectivity index (χ1) is 38.7. The number of hydrogen-bond donors (Lipinski definition) is 0. The number of fused-ring (bicyclic) bond motifs is 11. The highest BCUT2D eigenvalue weighted by atomic mass is 15.2. The van der Waals surface area contributed by atoms with Crippen LogP contribution in [0, 0.1) is 0 Å². The van der Waals surface area contributed by atoms with Crippen molar-refractivity contribution in [3.05, 3.63) is 283 Å². The zero-order chi connectivity index (χ0) is 53.0. The molecular formula is C76H59N3. The van der Waals surface area contributed by atoms with E-state index in [-0.39, 0.29) is 10.8 Å². The Morgan fingerprint density at radius 2 is 0.835 bits per heavy atom. The van der Waals surface area contributed by atoms with Gasteiger partial charge in [0.15, 0.2) is 0 Å². The highest BCUT2D eigenvalue weighted by Crippen LogP contribution is 2.54. The lowest BCUT2D eigenvalue weighted by molar-refractivity contribution is 0.660. The highest BCUT2D eigenvalue weighted by molar-refractivity contribution is 6.24. The van der Waals surface area contributed by atoms with Crippen LogP contribution in [0.15, 0.2) is 261 Å². The molecule has 1 aromatic heterocycles. The summed E-state index contributed by atoms with van der Waals surface area (Å²) in [5.74, 6) is 0. The van der Waals surface area contributed by atoms with Gasteiger partial charge in [0.05, 0.1) is 11.0 Å². The average molecular weight is 1010 g/mol. The molecule has 0 saturated carbocycles. The van der Waals surface area contributed by atoms with E-state index in [4.69, 9.17) is 0 Å². The van der Waals surface area contributed by atoms with E-state index in [1.54, 1.807) is 0 Å². The first-order valence-electron chi connectivity index (χ1n) is 28.0. The fourth-order valence-electron chi connectivity index (χ4n) is 13.7. The lowest BCUT2D eigenvalue weighted by Crippen LogP contribution is -2.18. The van der Waals surface area contributed by atoms with Crippen LogP contribution in [0.5, 0.6) is 0 Å². The van der Waals surface area contributed by atoms with Crippen molar-refractivity contribution in [2.45, 2.75) is 51.4 Å². The second kappa shape index (κ2) is 18.1. The first kappa shape index (κ1) is 46.8. The summed E-state index contributed by atoms with van der Waals surface area (Å²) in [7, 11) is 0. The van der Waals surface area contributed by atoms with Crippen LogP contribution in [0.25, 0.3) is 82.8 Å². The lowest BCUT2D eigenvalue weighted by atomic mass is 9.82. The van der Waals surface area contributed by atoms with E-state index < -0.39 is 0 Å². The van der Waals surface area contributed by atoms with Crippen molar-refractivity contribution in [2.24, 2.45) is 0 Å². The average Bonchev–Trinajstić information content (AvgIpc) is 4.22.